The van der Waals surface area contributed by atoms with Crippen LogP contribution in [0.4, 0.5) is 0 Å². The van der Waals surface area contributed by atoms with Crippen LogP contribution in [0.5, 0.6) is 0 Å². The van der Waals surface area contributed by atoms with E-state index in [-0.39, 0.29) is 10.8 Å². The van der Waals surface area contributed by atoms with Crippen LogP contribution >= 0.6 is 0 Å². The minimum absolute atomic E-state index is 0.0956. The average Bonchev–Trinajstić information content (AvgIpc) is 2.52. The van der Waals surface area contributed by atoms with E-state index < -0.39 is 0 Å². The summed E-state index contributed by atoms with van der Waals surface area (Å²) in [6.07, 6.45) is 13.5. The van der Waals surface area contributed by atoms with Gasteiger partial charge in [-0.3, -0.25) is 9.98 Å². The van der Waals surface area contributed by atoms with E-state index in [1.54, 1.807) is 0 Å². The van der Waals surface area contributed by atoms with E-state index in [1.807, 2.05) is 0 Å². The summed E-state index contributed by atoms with van der Waals surface area (Å²) in [4.78, 5) is 10.5. The first-order valence-electron chi connectivity index (χ1n) is 9.60. The van der Waals surface area contributed by atoms with Crippen molar-refractivity contribution in [2.75, 3.05) is 0 Å². The Morgan fingerprint density at radius 1 is 0.591 bits per heavy atom. The first-order valence-corrected chi connectivity index (χ1v) is 9.60. The largest absolute Gasteiger partial charge is 0.289 e. The van der Waals surface area contributed by atoms with Crippen molar-refractivity contribution in [3.63, 3.8) is 0 Å². The highest BCUT2D eigenvalue weighted by Crippen LogP contribution is 2.49. The molecule has 0 saturated heterocycles. The van der Waals surface area contributed by atoms with E-state index in [9.17, 15) is 0 Å². The molecule has 124 valence electrons. The molecule has 3 aliphatic carbocycles. The van der Waals surface area contributed by atoms with Gasteiger partial charge in [-0.1, -0.05) is 38.5 Å². The molecule has 0 amide bonds. The maximum Gasteiger partial charge on any atom is 0.0499 e. The lowest BCUT2D eigenvalue weighted by Gasteiger charge is -2.53. The number of rotatable bonds is 2. The van der Waals surface area contributed by atoms with Gasteiger partial charge in [-0.2, -0.15) is 0 Å². The van der Waals surface area contributed by atoms with Crippen molar-refractivity contribution in [1.82, 2.24) is 0 Å². The lowest BCUT2D eigenvalue weighted by atomic mass is 9.52. The zero-order chi connectivity index (χ0) is 15.8. The highest BCUT2D eigenvalue weighted by molar-refractivity contribution is 6.34. The Bertz CT molecular complexity index is 398. The van der Waals surface area contributed by atoms with Gasteiger partial charge in [0.05, 0.1) is 0 Å². The Morgan fingerprint density at radius 3 is 1.23 bits per heavy atom. The molecule has 3 fully saturated rings. The first kappa shape index (κ1) is 16.2. The van der Waals surface area contributed by atoms with Crippen molar-refractivity contribution in [2.45, 2.75) is 104 Å². The molecule has 3 rings (SSSR count). The van der Waals surface area contributed by atoms with Crippen LogP contribution in [0, 0.1) is 10.8 Å². The normalized spacial score (nSPS) is 29.1. The van der Waals surface area contributed by atoms with Crippen molar-refractivity contribution < 1.29 is 0 Å². The summed E-state index contributed by atoms with van der Waals surface area (Å²) >= 11 is 0. The molecular formula is C20H34N2. The summed E-state index contributed by atoms with van der Waals surface area (Å²) in [5.74, 6) is 0. The van der Waals surface area contributed by atoms with Crippen LogP contribution in [0.3, 0.4) is 0 Å². The molecule has 0 heterocycles. The second-order valence-electron chi connectivity index (χ2n) is 8.79. The predicted octanol–water partition coefficient (Wildman–Crippen LogP) is 5.60. The maximum atomic E-state index is 5.23. The van der Waals surface area contributed by atoms with Gasteiger partial charge in [0.1, 0.15) is 0 Å². The fourth-order valence-electron chi connectivity index (χ4n) is 5.16. The van der Waals surface area contributed by atoms with Crippen molar-refractivity contribution >= 4 is 11.4 Å². The van der Waals surface area contributed by atoms with Gasteiger partial charge in [0.2, 0.25) is 0 Å². The second kappa shape index (κ2) is 6.09. The molecule has 2 heteroatoms. The summed E-state index contributed by atoms with van der Waals surface area (Å²) in [6.45, 7) is 9.40. The summed E-state index contributed by atoms with van der Waals surface area (Å²) in [6, 6.07) is 1.16. The molecule has 3 saturated carbocycles. The molecule has 3 aliphatic rings. The van der Waals surface area contributed by atoms with Crippen LogP contribution in [0.2, 0.25) is 0 Å². The lowest BCUT2D eigenvalue weighted by Crippen LogP contribution is -2.62. The standard InChI is InChI=1S/C20H34N2/c1-19(2)17(21-15-11-7-5-8-12-15)20(3,4)18(19)22-16-13-9-6-10-14-16/h15-16H,5-14H2,1-4H3. The predicted molar refractivity (Wildman–Crippen MR) is 96.2 cm³/mol. The van der Waals surface area contributed by atoms with Gasteiger partial charge in [0.15, 0.2) is 0 Å². The highest BCUT2D eigenvalue weighted by Gasteiger charge is 2.56. The van der Waals surface area contributed by atoms with Crippen molar-refractivity contribution in [1.29, 1.82) is 0 Å². The number of aliphatic imine (C=N–C) groups is 2. The first-order chi connectivity index (χ1) is 10.4. The molecule has 0 radical (unpaired) electrons. The topological polar surface area (TPSA) is 24.7 Å². The second-order valence-corrected chi connectivity index (χ2v) is 8.79. The quantitative estimate of drug-likeness (QED) is 0.634. The van der Waals surface area contributed by atoms with Crippen molar-refractivity contribution in [3.05, 3.63) is 0 Å². The van der Waals surface area contributed by atoms with Gasteiger partial charge in [-0.25, -0.2) is 0 Å². The Kier molecular flexibility index (Phi) is 4.49. The summed E-state index contributed by atoms with van der Waals surface area (Å²) < 4.78 is 0. The van der Waals surface area contributed by atoms with Crippen molar-refractivity contribution in [2.24, 2.45) is 20.8 Å². The van der Waals surface area contributed by atoms with E-state index in [0.29, 0.717) is 12.1 Å². The molecule has 0 unspecified atom stereocenters. The van der Waals surface area contributed by atoms with Crippen LogP contribution < -0.4 is 0 Å². The Morgan fingerprint density at radius 2 is 0.909 bits per heavy atom. The van der Waals surface area contributed by atoms with Gasteiger partial charge >= 0.3 is 0 Å². The molecule has 0 spiro atoms. The molecule has 0 bridgehead atoms. The van der Waals surface area contributed by atoms with Crippen molar-refractivity contribution in [3.8, 4) is 0 Å². The molecule has 0 aromatic carbocycles. The molecule has 0 N–H and O–H groups in total. The fourth-order valence-corrected chi connectivity index (χ4v) is 5.16. The fraction of sp³-hybridized carbons (Fsp3) is 0.900. The third-order valence-corrected chi connectivity index (χ3v) is 6.14. The molecule has 2 nitrogen and oxygen atoms in total. The summed E-state index contributed by atoms with van der Waals surface area (Å²) in [5, 5.41) is 0. The lowest BCUT2D eigenvalue weighted by molar-refractivity contribution is 0.407. The van der Waals surface area contributed by atoms with E-state index in [1.165, 1.54) is 75.6 Å². The number of hydrogen-bond donors (Lipinski definition) is 0. The smallest absolute Gasteiger partial charge is 0.0499 e. The van der Waals surface area contributed by atoms with E-state index in [0.717, 1.165) is 0 Å². The van der Waals surface area contributed by atoms with Gasteiger partial charge in [0.25, 0.3) is 0 Å². The van der Waals surface area contributed by atoms with E-state index in [4.69, 9.17) is 9.98 Å². The van der Waals surface area contributed by atoms with E-state index >= 15 is 0 Å². The zero-order valence-corrected chi connectivity index (χ0v) is 15.1. The van der Waals surface area contributed by atoms with Crippen LogP contribution in [0.1, 0.15) is 91.9 Å². The summed E-state index contributed by atoms with van der Waals surface area (Å²) in [7, 11) is 0. The minimum Gasteiger partial charge on any atom is -0.289 e. The monoisotopic (exact) mass is 302 g/mol. The minimum atomic E-state index is 0.0956. The van der Waals surface area contributed by atoms with Crippen LogP contribution in [0.25, 0.3) is 0 Å². The average molecular weight is 303 g/mol. The van der Waals surface area contributed by atoms with Crippen LogP contribution in [-0.2, 0) is 0 Å². The Balaban J connectivity index is 1.79. The molecule has 0 atom stereocenters. The molecule has 22 heavy (non-hydrogen) atoms. The number of hydrogen-bond acceptors (Lipinski definition) is 2. The molecular weight excluding hydrogens is 268 g/mol. The van der Waals surface area contributed by atoms with Gasteiger partial charge in [-0.15, -0.1) is 0 Å². The van der Waals surface area contributed by atoms with Crippen LogP contribution in [-0.4, -0.2) is 23.5 Å². The Labute approximate surface area is 136 Å². The highest BCUT2D eigenvalue weighted by atomic mass is 14.9. The molecule has 0 aromatic rings. The number of nitrogens with zero attached hydrogens (tertiary/aromatic N) is 2. The van der Waals surface area contributed by atoms with Gasteiger partial charge in [0, 0.05) is 34.3 Å². The maximum absolute atomic E-state index is 5.23. The molecule has 0 aliphatic heterocycles. The Hall–Kier alpha value is -0.660. The van der Waals surface area contributed by atoms with Gasteiger partial charge in [-0.05, 0) is 53.4 Å². The van der Waals surface area contributed by atoms with Gasteiger partial charge < -0.3 is 0 Å². The third kappa shape index (κ3) is 2.90. The summed E-state index contributed by atoms with van der Waals surface area (Å²) in [5.41, 5.74) is 3.03. The zero-order valence-electron chi connectivity index (χ0n) is 15.1. The SMILES string of the molecule is CC1(C)C(=NC2CCCCC2)C(C)(C)C1=NC1CCCCC1. The van der Waals surface area contributed by atoms with E-state index in [2.05, 4.69) is 27.7 Å². The third-order valence-electron chi connectivity index (χ3n) is 6.14. The molecule has 0 aromatic heterocycles. The van der Waals surface area contributed by atoms with Crippen LogP contribution in [0.15, 0.2) is 9.98 Å².